The van der Waals surface area contributed by atoms with Crippen molar-refractivity contribution in [3.05, 3.63) is 65.9 Å². The fourth-order valence-electron chi connectivity index (χ4n) is 2.67. The minimum absolute atomic E-state index is 0.906. The number of aromatic nitrogens is 1. The number of aryl methyl sites for hydroxylation is 1. The molecule has 1 heterocycles. The van der Waals surface area contributed by atoms with Crippen molar-refractivity contribution >= 4 is 10.9 Å². The van der Waals surface area contributed by atoms with Crippen molar-refractivity contribution in [2.24, 2.45) is 0 Å². The number of fused-ring (bicyclic) bond motifs is 1. The molecule has 2 heteroatoms. The predicted octanol–water partition coefficient (Wildman–Crippen LogP) is 4.26. The summed E-state index contributed by atoms with van der Waals surface area (Å²) in [5.41, 5.74) is 3.96. The molecule has 0 amide bonds. The Hall–Kier alpha value is -2.22. The minimum Gasteiger partial charge on any atom is -0.497 e. The molecule has 0 fully saturated rings. The van der Waals surface area contributed by atoms with Gasteiger partial charge in [0.1, 0.15) is 5.75 Å². The highest BCUT2D eigenvalue weighted by Crippen LogP contribution is 2.27. The average molecular weight is 265 g/mol. The van der Waals surface area contributed by atoms with Gasteiger partial charge in [0.2, 0.25) is 0 Å². The zero-order valence-electron chi connectivity index (χ0n) is 12.0. The highest BCUT2D eigenvalue weighted by atomic mass is 16.5. The number of benzene rings is 2. The number of hydrogen-bond donors (Lipinski definition) is 0. The topological polar surface area (TPSA) is 14.2 Å². The van der Waals surface area contributed by atoms with Gasteiger partial charge in [0.15, 0.2) is 0 Å². The first-order valence-corrected chi connectivity index (χ1v) is 7.01. The standard InChI is InChI=1S/C18H19NO/c1-3-15-13-19(12-14-7-5-4-6-8-14)18-10-9-16(20-2)11-17(15)18/h4-11,13H,3,12H2,1-2H3. The van der Waals surface area contributed by atoms with E-state index in [1.807, 2.05) is 6.07 Å². The van der Waals surface area contributed by atoms with E-state index in [2.05, 4.69) is 60.2 Å². The van der Waals surface area contributed by atoms with Crippen LogP contribution in [-0.2, 0) is 13.0 Å². The first-order chi connectivity index (χ1) is 9.81. The van der Waals surface area contributed by atoms with Gasteiger partial charge >= 0.3 is 0 Å². The van der Waals surface area contributed by atoms with E-state index in [0.717, 1.165) is 18.7 Å². The van der Waals surface area contributed by atoms with Gasteiger partial charge in [0.05, 0.1) is 7.11 Å². The summed E-state index contributed by atoms with van der Waals surface area (Å²) in [6, 6.07) is 16.9. The molecular formula is C18H19NO. The van der Waals surface area contributed by atoms with E-state index in [1.165, 1.54) is 22.0 Å². The fourth-order valence-corrected chi connectivity index (χ4v) is 2.67. The Morgan fingerprint density at radius 1 is 1.05 bits per heavy atom. The monoisotopic (exact) mass is 265 g/mol. The molecule has 0 saturated heterocycles. The maximum atomic E-state index is 5.34. The Labute approximate surface area is 119 Å². The lowest BCUT2D eigenvalue weighted by Gasteiger charge is -2.06. The van der Waals surface area contributed by atoms with E-state index >= 15 is 0 Å². The van der Waals surface area contributed by atoms with E-state index in [-0.39, 0.29) is 0 Å². The molecule has 0 unspecified atom stereocenters. The largest absolute Gasteiger partial charge is 0.497 e. The molecule has 0 saturated carbocycles. The molecule has 0 radical (unpaired) electrons. The average Bonchev–Trinajstić information content (AvgIpc) is 2.85. The van der Waals surface area contributed by atoms with Crippen LogP contribution in [0.3, 0.4) is 0 Å². The lowest BCUT2D eigenvalue weighted by molar-refractivity contribution is 0.415. The molecule has 102 valence electrons. The van der Waals surface area contributed by atoms with E-state index in [9.17, 15) is 0 Å². The third-order valence-electron chi connectivity index (χ3n) is 3.75. The Morgan fingerprint density at radius 3 is 2.55 bits per heavy atom. The van der Waals surface area contributed by atoms with Gasteiger partial charge in [-0.1, -0.05) is 37.3 Å². The lowest BCUT2D eigenvalue weighted by Crippen LogP contribution is -1.97. The van der Waals surface area contributed by atoms with Crippen LogP contribution < -0.4 is 4.74 Å². The van der Waals surface area contributed by atoms with Crippen LogP contribution in [0, 0.1) is 0 Å². The summed E-state index contributed by atoms with van der Waals surface area (Å²) in [5.74, 6) is 0.921. The molecule has 0 aliphatic rings. The minimum atomic E-state index is 0.906. The smallest absolute Gasteiger partial charge is 0.119 e. The number of nitrogens with zero attached hydrogens (tertiary/aromatic N) is 1. The third-order valence-corrected chi connectivity index (χ3v) is 3.75. The second kappa shape index (κ2) is 5.41. The first kappa shape index (κ1) is 12.8. The van der Waals surface area contributed by atoms with E-state index in [0.29, 0.717) is 0 Å². The van der Waals surface area contributed by atoms with Crippen LogP contribution in [0.4, 0.5) is 0 Å². The molecule has 0 aliphatic heterocycles. The number of ether oxygens (including phenoxy) is 1. The van der Waals surface area contributed by atoms with E-state index in [1.54, 1.807) is 7.11 Å². The van der Waals surface area contributed by atoms with Gasteiger partial charge < -0.3 is 9.30 Å². The zero-order valence-corrected chi connectivity index (χ0v) is 12.0. The molecule has 0 spiro atoms. The maximum absolute atomic E-state index is 5.34. The second-order valence-electron chi connectivity index (χ2n) is 5.00. The lowest BCUT2D eigenvalue weighted by atomic mass is 10.1. The molecule has 1 aromatic heterocycles. The quantitative estimate of drug-likeness (QED) is 0.687. The normalized spacial score (nSPS) is 10.9. The van der Waals surface area contributed by atoms with Gasteiger partial charge in [-0.25, -0.2) is 0 Å². The van der Waals surface area contributed by atoms with Crippen molar-refractivity contribution in [3.8, 4) is 5.75 Å². The van der Waals surface area contributed by atoms with Crippen LogP contribution in [0.15, 0.2) is 54.7 Å². The Bertz CT molecular complexity index is 713. The van der Waals surface area contributed by atoms with Crippen LogP contribution in [0.1, 0.15) is 18.1 Å². The third kappa shape index (κ3) is 2.29. The van der Waals surface area contributed by atoms with Crippen molar-refractivity contribution in [2.75, 3.05) is 7.11 Å². The number of methoxy groups -OCH3 is 1. The Balaban J connectivity index is 2.07. The highest BCUT2D eigenvalue weighted by molar-refractivity contribution is 5.85. The molecule has 2 nitrogen and oxygen atoms in total. The Morgan fingerprint density at radius 2 is 1.85 bits per heavy atom. The van der Waals surface area contributed by atoms with Crippen molar-refractivity contribution in [1.82, 2.24) is 4.57 Å². The second-order valence-corrected chi connectivity index (χ2v) is 5.00. The molecule has 0 bridgehead atoms. The van der Waals surface area contributed by atoms with Gasteiger partial charge in [0, 0.05) is 23.6 Å². The van der Waals surface area contributed by atoms with Crippen LogP contribution in [-0.4, -0.2) is 11.7 Å². The molecule has 0 aliphatic carbocycles. The summed E-state index contributed by atoms with van der Waals surface area (Å²) >= 11 is 0. The summed E-state index contributed by atoms with van der Waals surface area (Å²) in [6.45, 7) is 3.10. The molecule has 0 N–H and O–H groups in total. The highest BCUT2D eigenvalue weighted by Gasteiger charge is 2.08. The van der Waals surface area contributed by atoms with Crippen molar-refractivity contribution in [2.45, 2.75) is 19.9 Å². The molecule has 20 heavy (non-hydrogen) atoms. The number of hydrogen-bond acceptors (Lipinski definition) is 1. The SMILES string of the molecule is CCc1cn(Cc2ccccc2)c2ccc(OC)cc12. The van der Waals surface area contributed by atoms with Crippen molar-refractivity contribution < 1.29 is 4.74 Å². The predicted molar refractivity (Wildman–Crippen MR) is 83.4 cm³/mol. The van der Waals surface area contributed by atoms with Crippen LogP contribution in [0.2, 0.25) is 0 Å². The number of rotatable bonds is 4. The summed E-state index contributed by atoms with van der Waals surface area (Å²) in [4.78, 5) is 0. The Kier molecular flexibility index (Phi) is 3.46. The molecule has 2 aromatic carbocycles. The van der Waals surface area contributed by atoms with Crippen LogP contribution in [0.25, 0.3) is 10.9 Å². The summed E-state index contributed by atoms with van der Waals surface area (Å²) in [5, 5.41) is 1.29. The first-order valence-electron chi connectivity index (χ1n) is 7.01. The van der Waals surface area contributed by atoms with Gasteiger partial charge in [-0.2, -0.15) is 0 Å². The van der Waals surface area contributed by atoms with E-state index in [4.69, 9.17) is 4.74 Å². The van der Waals surface area contributed by atoms with Gasteiger partial charge in [-0.05, 0) is 35.7 Å². The molecule has 3 aromatic rings. The van der Waals surface area contributed by atoms with Crippen molar-refractivity contribution in [1.29, 1.82) is 0 Å². The zero-order chi connectivity index (χ0) is 13.9. The van der Waals surface area contributed by atoms with Gasteiger partial charge in [-0.3, -0.25) is 0 Å². The summed E-state index contributed by atoms with van der Waals surface area (Å²) in [6.07, 6.45) is 3.29. The summed E-state index contributed by atoms with van der Waals surface area (Å²) in [7, 11) is 1.72. The molecule has 0 atom stereocenters. The molecule has 3 rings (SSSR count). The van der Waals surface area contributed by atoms with Crippen LogP contribution in [0.5, 0.6) is 5.75 Å². The maximum Gasteiger partial charge on any atom is 0.119 e. The van der Waals surface area contributed by atoms with E-state index < -0.39 is 0 Å². The van der Waals surface area contributed by atoms with Gasteiger partial charge in [-0.15, -0.1) is 0 Å². The summed E-state index contributed by atoms with van der Waals surface area (Å²) < 4.78 is 7.66. The fraction of sp³-hybridized carbons (Fsp3) is 0.222. The van der Waals surface area contributed by atoms with Crippen LogP contribution >= 0.6 is 0 Å². The molecular weight excluding hydrogens is 246 g/mol. The van der Waals surface area contributed by atoms with Gasteiger partial charge in [0.25, 0.3) is 0 Å². The van der Waals surface area contributed by atoms with Crippen molar-refractivity contribution in [3.63, 3.8) is 0 Å².